The largest absolute Gasteiger partial charge is 0.597 e. The van der Waals surface area contributed by atoms with Crippen LogP contribution in [-0.4, -0.2) is 22.3 Å². The molecule has 0 radical (unpaired) electrons. The minimum Gasteiger partial charge on any atom is -0.597 e. The van der Waals surface area contributed by atoms with E-state index in [1.54, 1.807) is 5.34 Å². The van der Waals surface area contributed by atoms with Crippen LogP contribution in [0.1, 0.15) is 6.92 Å². The van der Waals surface area contributed by atoms with Crippen LogP contribution in [-0.2, 0) is 0 Å². The van der Waals surface area contributed by atoms with Gasteiger partial charge < -0.3 is 5.21 Å². The Hall–Kier alpha value is -1.36. The van der Waals surface area contributed by atoms with Crippen molar-refractivity contribution in [1.29, 1.82) is 5.26 Å². The van der Waals surface area contributed by atoms with Crippen molar-refractivity contribution in [3.05, 3.63) is 5.21 Å². The third-order valence-electron chi connectivity index (χ3n) is 1.16. The van der Waals surface area contributed by atoms with Gasteiger partial charge in [-0.3, -0.25) is 0 Å². The SMILES string of the molecule is CC(C#N)(CN(F)F)[N+]([O-])=NF. The first-order valence-corrected chi connectivity index (χ1v) is 2.76. The average Bonchev–Trinajstić information content (AvgIpc) is 2.01. The molecule has 8 heteroatoms. The second-order valence-electron chi connectivity index (χ2n) is 2.20. The first-order chi connectivity index (χ1) is 5.46. The number of halogens is 3. The van der Waals surface area contributed by atoms with Gasteiger partial charge in [0.15, 0.2) is 5.34 Å². The predicted molar refractivity (Wildman–Crippen MR) is 30.1 cm³/mol. The summed E-state index contributed by atoms with van der Waals surface area (Å²) in [6.07, 6.45) is 0. The molecule has 0 heterocycles. The Morgan fingerprint density at radius 3 is 2.50 bits per heavy atom. The Kier molecular flexibility index (Phi) is 3.43. The number of hydroxylamine groups is 1. The quantitative estimate of drug-likeness (QED) is 0.285. The average molecular weight is 182 g/mol. The van der Waals surface area contributed by atoms with E-state index in [2.05, 4.69) is 0 Å². The lowest BCUT2D eigenvalue weighted by atomic mass is 10.1. The third-order valence-corrected chi connectivity index (χ3v) is 1.16. The molecule has 68 valence electrons. The molecule has 1 unspecified atom stereocenters. The van der Waals surface area contributed by atoms with E-state index in [4.69, 9.17) is 5.26 Å². The number of nitriles is 1. The van der Waals surface area contributed by atoms with Crippen LogP contribution in [0, 0.1) is 16.5 Å². The summed E-state index contributed by atoms with van der Waals surface area (Å²) in [6, 6.07) is 1.22. The summed E-state index contributed by atoms with van der Waals surface area (Å²) in [4.78, 5) is -0.709. The minimum absolute atomic E-state index is 0.709. The molecule has 0 fully saturated rings. The summed E-state index contributed by atoms with van der Waals surface area (Å²) < 4.78 is 34.5. The lowest BCUT2D eigenvalue weighted by Gasteiger charge is -2.15. The molecule has 0 aromatic rings. The Morgan fingerprint density at radius 1 is 1.75 bits per heavy atom. The van der Waals surface area contributed by atoms with E-state index in [9.17, 15) is 18.7 Å². The van der Waals surface area contributed by atoms with E-state index in [0.29, 0.717) is 0 Å². The number of nitrogens with zero attached hydrogens (tertiary/aromatic N) is 4. The zero-order valence-corrected chi connectivity index (χ0v) is 6.04. The highest BCUT2D eigenvalue weighted by Gasteiger charge is 2.39. The molecule has 0 amide bonds. The van der Waals surface area contributed by atoms with Gasteiger partial charge in [-0.25, -0.2) is 0 Å². The number of hydrogen-bond donors (Lipinski definition) is 0. The molecule has 12 heavy (non-hydrogen) atoms. The van der Waals surface area contributed by atoms with Gasteiger partial charge in [-0.05, 0) is 9.34 Å². The fourth-order valence-corrected chi connectivity index (χ4v) is 0.455. The van der Waals surface area contributed by atoms with Crippen molar-refractivity contribution in [2.75, 3.05) is 6.54 Å². The fraction of sp³-hybridized carbons (Fsp3) is 0.750. The molecular weight excluding hydrogens is 177 g/mol. The summed E-state index contributed by atoms with van der Waals surface area (Å²) in [5.74, 6) is 0. The van der Waals surface area contributed by atoms with Gasteiger partial charge in [0.25, 0.3) is 0 Å². The number of rotatable bonds is 3. The van der Waals surface area contributed by atoms with E-state index < -0.39 is 22.3 Å². The van der Waals surface area contributed by atoms with Gasteiger partial charge in [-0.1, -0.05) is 0 Å². The topological polar surface area (TPSA) is 65.5 Å². The van der Waals surface area contributed by atoms with Gasteiger partial charge in [-0.2, -0.15) is 5.26 Å². The first-order valence-electron chi connectivity index (χ1n) is 2.76. The summed E-state index contributed by atoms with van der Waals surface area (Å²) in [6.45, 7) is -0.365. The van der Waals surface area contributed by atoms with Crippen LogP contribution in [0.3, 0.4) is 0 Å². The van der Waals surface area contributed by atoms with Gasteiger partial charge in [0, 0.05) is 12.3 Å². The molecule has 0 N–H and O–H groups in total. The van der Waals surface area contributed by atoms with Crippen LogP contribution in [0.15, 0.2) is 5.34 Å². The zero-order chi connectivity index (χ0) is 9.78. The Bertz CT molecular complexity index is 225. The van der Waals surface area contributed by atoms with Gasteiger partial charge in [-0.15, -0.1) is 8.96 Å². The lowest BCUT2D eigenvalue weighted by molar-refractivity contribution is -0.610. The maximum Gasteiger partial charge on any atom is 0.301 e. The highest BCUT2D eigenvalue weighted by atomic mass is 19.4. The molecular formula is C4H5F3N4O. The second-order valence-corrected chi connectivity index (χ2v) is 2.20. The summed E-state index contributed by atoms with van der Waals surface area (Å²) in [5.41, 5.74) is -2.21. The van der Waals surface area contributed by atoms with E-state index in [0.717, 1.165) is 6.92 Å². The molecule has 1 atom stereocenters. The molecule has 0 aliphatic heterocycles. The van der Waals surface area contributed by atoms with Crippen LogP contribution in [0.2, 0.25) is 0 Å². The normalized spacial score (nSPS) is 17.2. The maximum atomic E-state index is 11.6. The van der Waals surface area contributed by atoms with Gasteiger partial charge in [0.1, 0.15) is 12.6 Å². The second kappa shape index (κ2) is 3.87. The molecule has 0 aromatic carbocycles. The van der Waals surface area contributed by atoms with Gasteiger partial charge >= 0.3 is 5.54 Å². The molecule has 0 spiro atoms. The molecule has 0 saturated carbocycles. The Balaban J connectivity index is 4.60. The first kappa shape index (κ1) is 10.6. The Morgan fingerprint density at radius 2 is 2.25 bits per heavy atom. The minimum atomic E-state index is -2.21. The maximum absolute atomic E-state index is 11.6. The van der Waals surface area contributed by atoms with Crippen molar-refractivity contribution in [3.8, 4) is 6.07 Å². The number of hydrogen-bond acceptors (Lipinski definition) is 4. The van der Waals surface area contributed by atoms with Crippen molar-refractivity contribution in [2.45, 2.75) is 12.5 Å². The molecule has 0 rings (SSSR count). The van der Waals surface area contributed by atoms with E-state index in [-0.39, 0.29) is 0 Å². The van der Waals surface area contributed by atoms with Crippen molar-refractivity contribution >= 4 is 0 Å². The van der Waals surface area contributed by atoms with Crippen LogP contribution in [0.5, 0.6) is 0 Å². The van der Waals surface area contributed by atoms with Crippen LogP contribution < -0.4 is 0 Å². The fourth-order valence-electron chi connectivity index (χ4n) is 0.455. The molecule has 0 aromatic heterocycles. The van der Waals surface area contributed by atoms with Crippen LogP contribution in [0.4, 0.5) is 13.4 Å². The van der Waals surface area contributed by atoms with Crippen LogP contribution in [0.25, 0.3) is 0 Å². The van der Waals surface area contributed by atoms with Crippen molar-refractivity contribution in [1.82, 2.24) is 5.34 Å². The lowest BCUT2D eigenvalue weighted by Crippen LogP contribution is -2.41. The van der Waals surface area contributed by atoms with E-state index in [1.807, 2.05) is 0 Å². The monoisotopic (exact) mass is 182 g/mol. The van der Waals surface area contributed by atoms with Gasteiger partial charge in [0.05, 0.1) is 0 Å². The van der Waals surface area contributed by atoms with Crippen LogP contribution >= 0.6 is 0 Å². The van der Waals surface area contributed by atoms with E-state index >= 15 is 0 Å². The Labute approximate surface area is 65.7 Å². The van der Waals surface area contributed by atoms with Crippen molar-refractivity contribution < 1.29 is 18.3 Å². The molecule has 0 saturated heterocycles. The zero-order valence-electron chi connectivity index (χ0n) is 6.04. The summed E-state index contributed by atoms with van der Waals surface area (Å²) in [5, 5.41) is 18.8. The molecule has 0 aliphatic carbocycles. The van der Waals surface area contributed by atoms with Crippen molar-refractivity contribution in [3.63, 3.8) is 0 Å². The molecule has 0 aliphatic rings. The molecule has 5 nitrogen and oxygen atoms in total. The molecule has 0 bridgehead atoms. The summed E-state index contributed by atoms with van der Waals surface area (Å²) in [7, 11) is 0. The van der Waals surface area contributed by atoms with E-state index in [1.165, 1.54) is 6.07 Å². The third kappa shape index (κ3) is 2.35. The summed E-state index contributed by atoms with van der Waals surface area (Å²) >= 11 is 0. The van der Waals surface area contributed by atoms with Crippen molar-refractivity contribution in [2.24, 2.45) is 5.34 Å². The predicted octanol–water partition coefficient (Wildman–Crippen LogP) is 1.19. The highest BCUT2D eigenvalue weighted by molar-refractivity contribution is 4.97. The smallest absolute Gasteiger partial charge is 0.301 e. The standard InChI is InChI=1S/C4H5F3N4O/c1-4(2-8,3-10(6)7)11(12)9-5/h3H2,1H3. The van der Waals surface area contributed by atoms with Gasteiger partial charge in [0.2, 0.25) is 0 Å². The highest BCUT2D eigenvalue weighted by Crippen LogP contribution is 2.12.